The zero-order valence-corrected chi connectivity index (χ0v) is 39.0. The number of carbonyl (C=O) groups is 8. The average Bonchev–Trinajstić information content (AvgIpc) is 4.00. The van der Waals surface area contributed by atoms with E-state index in [1.54, 1.807) is 36.5 Å². The molecular formula is C49H67N11O9. The molecule has 1 aliphatic carbocycles. The Kier molecular flexibility index (Phi) is 18.9. The van der Waals surface area contributed by atoms with Gasteiger partial charge in [0.2, 0.25) is 41.4 Å². The largest absolute Gasteiger partial charge is 0.481 e. The molecule has 3 fully saturated rings. The quantitative estimate of drug-likeness (QED) is 0.0552. The van der Waals surface area contributed by atoms with Crippen molar-refractivity contribution in [3.63, 3.8) is 0 Å². The van der Waals surface area contributed by atoms with E-state index in [0.717, 1.165) is 48.6 Å². The number of aliphatic carboxylic acids is 1. The smallest absolute Gasteiger partial charge is 0.303 e. The molecular weight excluding hydrogens is 887 g/mol. The van der Waals surface area contributed by atoms with Gasteiger partial charge in [-0.3, -0.25) is 43.3 Å². The number of nitrogens with one attached hydrogen (secondary N) is 7. The molecule has 2 aromatic carbocycles. The molecule has 1 aromatic heterocycles. The number of H-pyrrole nitrogens is 1. The number of amides is 7. The summed E-state index contributed by atoms with van der Waals surface area (Å²) in [5, 5.41) is 27.2. The maximum Gasteiger partial charge on any atom is 0.303 e. The second-order valence-corrected chi connectivity index (χ2v) is 18.3. The van der Waals surface area contributed by atoms with Crippen molar-refractivity contribution in [1.82, 2.24) is 41.8 Å². The number of aliphatic imine (C=N–C) groups is 1. The van der Waals surface area contributed by atoms with Crippen LogP contribution >= 0.6 is 0 Å². The molecule has 7 amide bonds. The zero-order chi connectivity index (χ0) is 49.3. The minimum Gasteiger partial charge on any atom is -0.481 e. The van der Waals surface area contributed by atoms with Crippen molar-refractivity contribution >= 4 is 64.2 Å². The van der Waals surface area contributed by atoms with Crippen LogP contribution in [-0.2, 0) is 51.2 Å². The molecule has 0 radical (unpaired) electrons. The number of hydrogen-bond donors (Lipinski definition) is 10. The number of benzene rings is 2. The van der Waals surface area contributed by atoms with Crippen LogP contribution in [0.3, 0.4) is 0 Å². The minimum atomic E-state index is -1.22. The number of carboxylic acid groups (broad SMARTS) is 1. The maximum absolute atomic E-state index is 14.7. The fourth-order valence-electron chi connectivity index (χ4n) is 9.52. The first-order chi connectivity index (χ1) is 33.2. The molecule has 6 atom stereocenters. The molecule has 2 saturated heterocycles. The maximum atomic E-state index is 14.7. The topological polar surface area (TPSA) is 312 Å². The van der Waals surface area contributed by atoms with E-state index in [1.165, 1.54) is 4.90 Å². The van der Waals surface area contributed by atoms with Gasteiger partial charge in [-0.2, -0.15) is 0 Å². The van der Waals surface area contributed by atoms with Crippen LogP contribution in [0.4, 0.5) is 0 Å². The Bertz CT molecular complexity index is 2310. The molecule has 6 rings (SSSR count). The molecule has 0 spiro atoms. The van der Waals surface area contributed by atoms with Gasteiger partial charge in [0.1, 0.15) is 36.3 Å². The Morgan fingerprint density at radius 2 is 1.49 bits per heavy atom. The molecule has 1 saturated carbocycles. The van der Waals surface area contributed by atoms with Gasteiger partial charge in [0.15, 0.2) is 5.96 Å². The SMILES string of the molecule is NC(N)=NCCC[C@@H]1NC(=O)[C@H](Cc2c[nH]c3ccccc23)NC(=O)[C@@H](CC2CCCCC2)NC(=O)[C@@H]2CCCN2C(=O)[C@@H](NC(=O)[C@H](Cc2ccccc2)NC(=O)CCC(=O)O)CCCNC1=O. The van der Waals surface area contributed by atoms with Crippen molar-refractivity contribution in [1.29, 1.82) is 0 Å². The van der Waals surface area contributed by atoms with E-state index in [2.05, 4.69) is 41.9 Å². The summed E-state index contributed by atoms with van der Waals surface area (Å²) < 4.78 is 0. The number of guanidine groups is 1. The van der Waals surface area contributed by atoms with Gasteiger partial charge >= 0.3 is 5.97 Å². The fraction of sp³-hybridized carbons (Fsp3) is 0.531. The lowest BCUT2D eigenvalue weighted by Crippen LogP contribution is -2.60. The first-order valence-electron chi connectivity index (χ1n) is 24.2. The summed E-state index contributed by atoms with van der Waals surface area (Å²) in [5.41, 5.74) is 13.4. The highest BCUT2D eigenvalue weighted by Gasteiger charge is 2.41. The van der Waals surface area contributed by atoms with Gasteiger partial charge in [-0.1, -0.05) is 80.6 Å². The Morgan fingerprint density at radius 1 is 0.783 bits per heavy atom. The summed E-state index contributed by atoms with van der Waals surface area (Å²) in [4.78, 5) is 119. The van der Waals surface area contributed by atoms with Gasteiger partial charge in [-0.15, -0.1) is 0 Å². The zero-order valence-electron chi connectivity index (χ0n) is 39.0. The van der Waals surface area contributed by atoms with Crippen molar-refractivity contribution in [3.05, 3.63) is 71.9 Å². The van der Waals surface area contributed by atoms with Gasteiger partial charge in [-0.25, -0.2) is 0 Å². The van der Waals surface area contributed by atoms with Gasteiger partial charge < -0.3 is 58.4 Å². The van der Waals surface area contributed by atoms with Crippen LogP contribution in [0.1, 0.15) is 101 Å². The molecule has 12 N–H and O–H groups in total. The lowest BCUT2D eigenvalue weighted by atomic mass is 9.84. The molecule has 20 nitrogen and oxygen atoms in total. The predicted molar refractivity (Wildman–Crippen MR) is 257 cm³/mol. The predicted octanol–water partition coefficient (Wildman–Crippen LogP) is 1.17. The normalized spacial score (nSPS) is 22.7. The van der Waals surface area contributed by atoms with Crippen molar-refractivity contribution < 1.29 is 43.5 Å². The molecule has 3 aromatic rings. The number of para-hydroxylation sites is 1. The van der Waals surface area contributed by atoms with E-state index in [9.17, 15) is 43.5 Å². The molecule has 20 heteroatoms. The average molecular weight is 954 g/mol. The summed E-state index contributed by atoms with van der Waals surface area (Å²) in [6.45, 7) is 0.375. The van der Waals surface area contributed by atoms with Crippen LogP contribution in [0.25, 0.3) is 10.9 Å². The van der Waals surface area contributed by atoms with Crippen LogP contribution < -0.4 is 43.4 Å². The molecule has 372 valence electrons. The first kappa shape index (κ1) is 51.4. The van der Waals surface area contributed by atoms with Crippen LogP contribution in [0, 0.1) is 5.92 Å². The number of aromatic amines is 1. The van der Waals surface area contributed by atoms with Crippen molar-refractivity contribution in [2.24, 2.45) is 22.4 Å². The molecule has 3 heterocycles. The Morgan fingerprint density at radius 3 is 2.25 bits per heavy atom. The number of rotatable bonds is 16. The Hall–Kier alpha value is -6.99. The molecule has 0 bridgehead atoms. The second-order valence-electron chi connectivity index (χ2n) is 18.3. The van der Waals surface area contributed by atoms with E-state index >= 15 is 0 Å². The van der Waals surface area contributed by atoms with E-state index in [0.29, 0.717) is 31.2 Å². The van der Waals surface area contributed by atoms with Crippen LogP contribution in [0.15, 0.2) is 65.8 Å². The van der Waals surface area contributed by atoms with Gasteiger partial charge in [0.25, 0.3) is 0 Å². The molecule has 2 aliphatic heterocycles. The highest BCUT2D eigenvalue weighted by Crippen LogP contribution is 2.28. The van der Waals surface area contributed by atoms with Crippen molar-refractivity contribution in [3.8, 4) is 0 Å². The van der Waals surface area contributed by atoms with Gasteiger partial charge in [0, 0.05) is 56.0 Å². The third kappa shape index (κ3) is 15.3. The number of nitrogens with zero attached hydrogens (tertiary/aromatic N) is 2. The summed E-state index contributed by atoms with van der Waals surface area (Å²) in [7, 11) is 0. The Balaban J connectivity index is 1.31. The number of aromatic nitrogens is 1. The van der Waals surface area contributed by atoms with E-state index in [4.69, 9.17) is 11.5 Å². The van der Waals surface area contributed by atoms with Gasteiger partial charge in [-0.05, 0) is 68.1 Å². The number of fused-ring (bicyclic) bond motifs is 2. The highest BCUT2D eigenvalue weighted by atomic mass is 16.4. The van der Waals surface area contributed by atoms with Crippen molar-refractivity contribution in [2.45, 2.75) is 139 Å². The number of carbonyl (C=O) groups excluding carboxylic acids is 7. The summed E-state index contributed by atoms with van der Waals surface area (Å²) in [5.74, 6) is -5.40. The standard InChI is InChI=1S/C49H67N11O9/c50-49(51)53-24-9-18-35-43(64)52-23-10-19-36(57-44(65)37(26-30-12-3-1-4-13-30)55-41(61)21-22-42(62)63)48(69)60-25-11-20-40(60)47(68)59-38(27-31-14-5-2-6-15-31)45(66)58-39(46(67)56-35)28-32-29-54-34-17-8-7-16-33(32)34/h1,3-4,7-8,12-13,16-17,29,31,35-40,54H,2,5-6,9-11,14-15,18-28H2,(H,52,64)(H,55,61)(H,56,67)(H,57,65)(H,58,66)(H,59,68)(H,62,63)(H4,50,51,53)/t35-,36-,37-,38+,39-,40-/m0/s1. The van der Waals surface area contributed by atoms with E-state index < -0.39 is 90.0 Å². The van der Waals surface area contributed by atoms with Crippen LogP contribution in [0.5, 0.6) is 0 Å². The minimum absolute atomic E-state index is 0.00162. The summed E-state index contributed by atoms with van der Waals surface area (Å²) in [6, 6.07) is 9.67. The highest BCUT2D eigenvalue weighted by molar-refractivity contribution is 5.98. The van der Waals surface area contributed by atoms with E-state index in [-0.39, 0.29) is 70.0 Å². The molecule has 69 heavy (non-hydrogen) atoms. The second kappa shape index (κ2) is 25.4. The number of hydrogen-bond acceptors (Lipinski definition) is 9. The third-order valence-corrected chi connectivity index (χ3v) is 13.2. The van der Waals surface area contributed by atoms with Crippen LogP contribution in [0.2, 0.25) is 0 Å². The molecule has 3 aliphatic rings. The summed E-state index contributed by atoms with van der Waals surface area (Å²) >= 11 is 0. The van der Waals surface area contributed by atoms with Gasteiger partial charge in [0.05, 0.1) is 6.42 Å². The number of carboxylic acids is 1. The third-order valence-electron chi connectivity index (χ3n) is 13.2. The number of nitrogens with two attached hydrogens (primary N) is 2. The van der Waals surface area contributed by atoms with Crippen molar-refractivity contribution in [2.75, 3.05) is 19.6 Å². The Labute approximate surface area is 401 Å². The van der Waals surface area contributed by atoms with E-state index in [1.807, 2.05) is 24.3 Å². The molecule has 0 unspecified atom stereocenters. The monoisotopic (exact) mass is 954 g/mol. The lowest BCUT2D eigenvalue weighted by molar-refractivity contribution is -0.143. The fourth-order valence-corrected chi connectivity index (χ4v) is 9.52. The first-order valence-corrected chi connectivity index (χ1v) is 24.2. The lowest BCUT2D eigenvalue weighted by Gasteiger charge is -2.32. The van der Waals surface area contributed by atoms with Crippen LogP contribution in [-0.4, -0.2) is 124 Å². The summed E-state index contributed by atoms with van der Waals surface area (Å²) in [6.07, 6.45) is 7.42.